The standard InChI is InChI=1S/C14H21NO/c1-10-7-12(3)13(8-11(10)2)14(16)5-6-15(4)9-14/h7-8,16H,5-6,9H2,1-4H3. The third kappa shape index (κ3) is 1.87. The van der Waals surface area contributed by atoms with Gasteiger partial charge in [0.1, 0.15) is 5.60 Å². The molecule has 1 aromatic rings. The SMILES string of the molecule is Cc1cc(C)c(C2(O)CCN(C)C2)cc1C. The summed E-state index contributed by atoms with van der Waals surface area (Å²) in [5.41, 5.74) is 4.25. The first kappa shape index (κ1) is 11.6. The normalized spacial score (nSPS) is 26.3. The Morgan fingerprint density at radius 3 is 2.31 bits per heavy atom. The molecule has 88 valence electrons. The summed E-state index contributed by atoms with van der Waals surface area (Å²) in [7, 11) is 2.06. The summed E-state index contributed by atoms with van der Waals surface area (Å²) in [5, 5.41) is 10.7. The molecule has 0 bridgehead atoms. The molecule has 1 heterocycles. The van der Waals surface area contributed by atoms with Crippen molar-refractivity contribution >= 4 is 0 Å². The molecule has 1 N–H and O–H groups in total. The Labute approximate surface area is 97.9 Å². The summed E-state index contributed by atoms with van der Waals surface area (Å²) < 4.78 is 0. The van der Waals surface area contributed by atoms with Gasteiger partial charge >= 0.3 is 0 Å². The summed E-state index contributed by atoms with van der Waals surface area (Å²) >= 11 is 0. The van der Waals surface area contributed by atoms with E-state index in [-0.39, 0.29) is 0 Å². The Morgan fingerprint density at radius 2 is 1.75 bits per heavy atom. The van der Waals surface area contributed by atoms with Crippen LogP contribution < -0.4 is 0 Å². The maximum atomic E-state index is 10.7. The second-order valence-corrected chi connectivity index (χ2v) is 5.27. The summed E-state index contributed by atoms with van der Waals surface area (Å²) in [4.78, 5) is 2.19. The topological polar surface area (TPSA) is 23.5 Å². The van der Waals surface area contributed by atoms with Crippen LogP contribution in [0, 0.1) is 20.8 Å². The van der Waals surface area contributed by atoms with Crippen molar-refractivity contribution in [2.24, 2.45) is 0 Å². The number of rotatable bonds is 1. The van der Waals surface area contributed by atoms with Gasteiger partial charge in [0, 0.05) is 13.1 Å². The second kappa shape index (κ2) is 3.86. The number of likely N-dealkylation sites (tertiary alicyclic amines) is 1. The van der Waals surface area contributed by atoms with E-state index in [1.54, 1.807) is 0 Å². The largest absolute Gasteiger partial charge is 0.384 e. The molecule has 0 aromatic heterocycles. The van der Waals surface area contributed by atoms with Gasteiger partial charge in [-0.2, -0.15) is 0 Å². The number of aryl methyl sites for hydroxylation is 3. The lowest BCUT2D eigenvalue weighted by molar-refractivity contribution is 0.0482. The molecule has 0 amide bonds. The summed E-state index contributed by atoms with van der Waals surface area (Å²) in [5.74, 6) is 0. The zero-order valence-electron chi connectivity index (χ0n) is 10.7. The molecule has 1 aliphatic heterocycles. The minimum atomic E-state index is -0.642. The van der Waals surface area contributed by atoms with E-state index < -0.39 is 5.60 Å². The molecule has 0 radical (unpaired) electrons. The van der Waals surface area contributed by atoms with Gasteiger partial charge in [-0.15, -0.1) is 0 Å². The van der Waals surface area contributed by atoms with Gasteiger partial charge in [0.2, 0.25) is 0 Å². The molecule has 0 aliphatic carbocycles. The van der Waals surface area contributed by atoms with Crippen LogP contribution in [0.25, 0.3) is 0 Å². The second-order valence-electron chi connectivity index (χ2n) is 5.27. The number of hydrogen-bond donors (Lipinski definition) is 1. The van der Waals surface area contributed by atoms with Crippen molar-refractivity contribution in [1.29, 1.82) is 0 Å². The van der Waals surface area contributed by atoms with Crippen molar-refractivity contribution in [2.45, 2.75) is 32.8 Å². The van der Waals surface area contributed by atoms with E-state index in [1.807, 2.05) is 0 Å². The highest BCUT2D eigenvalue weighted by Crippen LogP contribution is 2.34. The van der Waals surface area contributed by atoms with E-state index in [9.17, 15) is 5.11 Å². The van der Waals surface area contributed by atoms with Crippen molar-refractivity contribution in [1.82, 2.24) is 4.90 Å². The van der Waals surface area contributed by atoms with Crippen molar-refractivity contribution in [3.63, 3.8) is 0 Å². The number of hydrogen-bond acceptors (Lipinski definition) is 2. The Hall–Kier alpha value is -0.860. The average Bonchev–Trinajstić information content (AvgIpc) is 2.53. The van der Waals surface area contributed by atoms with Crippen LogP contribution in [0.2, 0.25) is 0 Å². The van der Waals surface area contributed by atoms with E-state index in [1.165, 1.54) is 16.7 Å². The Balaban J connectivity index is 2.44. The molecular weight excluding hydrogens is 198 g/mol. The van der Waals surface area contributed by atoms with E-state index in [0.29, 0.717) is 0 Å². The molecule has 16 heavy (non-hydrogen) atoms. The van der Waals surface area contributed by atoms with Crippen LogP contribution in [-0.4, -0.2) is 30.1 Å². The number of nitrogens with zero attached hydrogens (tertiary/aromatic N) is 1. The van der Waals surface area contributed by atoms with Gasteiger partial charge in [-0.05, 0) is 56.5 Å². The predicted molar refractivity (Wildman–Crippen MR) is 66.7 cm³/mol. The highest BCUT2D eigenvalue weighted by Gasteiger charge is 2.37. The minimum absolute atomic E-state index is 0.642. The lowest BCUT2D eigenvalue weighted by Gasteiger charge is -2.26. The molecule has 2 rings (SSSR count). The molecule has 1 aliphatic rings. The highest BCUT2D eigenvalue weighted by atomic mass is 16.3. The fourth-order valence-electron chi connectivity index (χ4n) is 2.66. The molecule has 1 unspecified atom stereocenters. The van der Waals surface area contributed by atoms with Gasteiger partial charge < -0.3 is 10.0 Å². The third-order valence-electron chi connectivity index (χ3n) is 3.78. The van der Waals surface area contributed by atoms with E-state index in [4.69, 9.17) is 0 Å². The zero-order valence-corrected chi connectivity index (χ0v) is 10.7. The monoisotopic (exact) mass is 219 g/mol. The molecule has 2 nitrogen and oxygen atoms in total. The number of aliphatic hydroxyl groups is 1. The minimum Gasteiger partial charge on any atom is -0.384 e. The molecule has 1 atom stereocenters. The van der Waals surface area contributed by atoms with Crippen LogP contribution in [0.4, 0.5) is 0 Å². The van der Waals surface area contributed by atoms with Crippen LogP contribution in [0.1, 0.15) is 28.7 Å². The number of β-amino-alcohol motifs (C(OH)–C–C–N with tert-alkyl or cyclic N) is 1. The Morgan fingerprint density at radius 1 is 1.12 bits per heavy atom. The summed E-state index contributed by atoms with van der Waals surface area (Å²) in [6.07, 6.45) is 0.840. The van der Waals surface area contributed by atoms with Crippen molar-refractivity contribution < 1.29 is 5.11 Å². The Bertz CT molecular complexity index is 413. The van der Waals surface area contributed by atoms with Crippen LogP contribution in [0.15, 0.2) is 12.1 Å². The van der Waals surface area contributed by atoms with E-state index in [2.05, 4.69) is 44.9 Å². The van der Waals surface area contributed by atoms with Gasteiger partial charge in [-0.25, -0.2) is 0 Å². The first-order valence-electron chi connectivity index (χ1n) is 5.92. The summed E-state index contributed by atoms with van der Waals surface area (Å²) in [6.45, 7) is 8.05. The maximum Gasteiger partial charge on any atom is 0.104 e. The van der Waals surface area contributed by atoms with Gasteiger partial charge in [0.05, 0.1) is 0 Å². The fourth-order valence-corrected chi connectivity index (χ4v) is 2.66. The number of benzene rings is 1. The van der Waals surface area contributed by atoms with Gasteiger partial charge in [-0.3, -0.25) is 0 Å². The zero-order chi connectivity index (χ0) is 11.9. The molecule has 1 saturated heterocycles. The average molecular weight is 219 g/mol. The highest BCUT2D eigenvalue weighted by molar-refractivity contribution is 5.40. The molecule has 1 aromatic carbocycles. The molecule has 2 heteroatoms. The van der Waals surface area contributed by atoms with Crippen molar-refractivity contribution in [3.8, 4) is 0 Å². The molecule has 1 fully saturated rings. The Kier molecular flexibility index (Phi) is 2.81. The first-order chi connectivity index (χ1) is 7.42. The van der Waals surface area contributed by atoms with Crippen molar-refractivity contribution in [2.75, 3.05) is 20.1 Å². The van der Waals surface area contributed by atoms with Crippen molar-refractivity contribution in [3.05, 3.63) is 34.4 Å². The lowest BCUT2D eigenvalue weighted by atomic mass is 9.87. The number of likely N-dealkylation sites (N-methyl/N-ethyl adjacent to an activating group) is 1. The quantitative estimate of drug-likeness (QED) is 0.782. The molecular formula is C14H21NO. The smallest absolute Gasteiger partial charge is 0.104 e. The molecule has 0 saturated carbocycles. The van der Waals surface area contributed by atoms with Crippen LogP contribution in [-0.2, 0) is 5.60 Å². The molecule has 0 spiro atoms. The van der Waals surface area contributed by atoms with Crippen LogP contribution >= 0.6 is 0 Å². The fraction of sp³-hybridized carbons (Fsp3) is 0.571. The lowest BCUT2D eigenvalue weighted by Crippen LogP contribution is -2.30. The van der Waals surface area contributed by atoms with Gasteiger partial charge in [0.25, 0.3) is 0 Å². The van der Waals surface area contributed by atoms with Crippen LogP contribution in [0.3, 0.4) is 0 Å². The summed E-state index contributed by atoms with van der Waals surface area (Å²) in [6, 6.07) is 4.34. The predicted octanol–water partition coefficient (Wildman–Crippen LogP) is 2.13. The van der Waals surface area contributed by atoms with Crippen LogP contribution in [0.5, 0.6) is 0 Å². The first-order valence-corrected chi connectivity index (χ1v) is 5.92. The van der Waals surface area contributed by atoms with E-state index >= 15 is 0 Å². The third-order valence-corrected chi connectivity index (χ3v) is 3.78. The van der Waals surface area contributed by atoms with Gasteiger partial charge in [0.15, 0.2) is 0 Å². The van der Waals surface area contributed by atoms with E-state index in [0.717, 1.165) is 25.1 Å². The van der Waals surface area contributed by atoms with Gasteiger partial charge in [-0.1, -0.05) is 12.1 Å². The maximum absolute atomic E-state index is 10.7.